The Bertz CT molecular complexity index is 1010. The van der Waals surface area contributed by atoms with Gasteiger partial charge in [0, 0.05) is 16.7 Å². The highest BCUT2D eigenvalue weighted by Gasteiger charge is 2.75. The molecule has 3 saturated carbocycles. The minimum atomic E-state index is -1.21. The fraction of sp³-hybridized carbons (Fsp3) is 0.800. The van der Waals surface area contributed by atoms with Crippen LogP contribution in [0.1, 0.15) is 73.1 Å². The van der Waals surface area contributed by atoms with Crippen LogP contribution in [0.15, 0.2) is 23.8 Å². The first-order chi connectivity index (χ1) is 18.7. The van der Waals surface area contributed by atoms with Crippen LogP contribution in [0.2, 0.25) is 0 Å². The van der Waals surface area contributed by atoms with Crippen molar-refractivity contribution in [2.45, 2.75) is 97.2 Å². The molecule has 4 aliphatic carbocycles. The molecule has 0 aromatic carbocycles. The Labute approximate surface area is 233 Å². The van der Waals surface area contributed by atoms with Gasteiger partial charge in [0.25, 0.3) is 0 Å². The summed E-state index contributed by atoms with van der Waals surface area (Å²) in [5.41, 5.74) is -0.919. The lowest BCUT2D eigenvalue weighted by Gasteiger charge is -2.60. The van der Waals surface area contributed by atoms with Crippen molar-refractivity contribution in [2.75, 3.05) is 26.2 Å². The summed E-state index contributed by atoms with van der Waals surface area (Å²) in [5.74, 6) is 0.276. The molecule has 5 aliphatic rings. The van der Waals surface area contributed by atoms with Crippen LogP contribution in [-0.4, -0.2) is 66.9 Å². The molecule has 9 atom stereocenters. The standard InChI is InChI=1S/C30H45O8P/c1-6-9-26-37-25-15-22-21-11-10-19-14-20(32)12-13-28(19,4)27(21)23(34-18-39(35-7-2)36-8-3)16-29(22,5)30(25,38-26)24(33)17-31/h12-14,21-23,25-27,31H,6-11,15-18H2,1-5H3/t21?,22-,23?,25?,26?,27+,28?,29?,30?/m0/s1. The van der Waals surface area contributed by atoms with Gasteiger partial charge in [-0.25, -0.2) is 0 Å². The van der Waals surface area contributed by atoms with Crippen LogP contribution < -0.4 is 0 Å². The highest BCUT2D eigenvalue weighted by atomic mass is 31.2. The largest absolute Gasteiger partial charge is 0.388 e. The van der Waals surface area contributed by atoms with E-state index in [0.717, 1.165) is 25.7 Å². The number of hydrogen-bond donors (Lipinski definition) is 1. The third kappa shape index (κ3) is 4.63. The second kappa shape index (κ2) is 11.4. The lowest BCUT2D eigenvalue weighted by atomic mass is 9.46. The molecule has 7 unspecified atom stereocenters. The van der Waals surface area contributed by atoms with E-state index < -0.39 is 32.3 Å². The number of Topliss-reactive ketones (excluding diaryl/α,β-unsaturated/α-hetero) is 1. The lowest BCUT2D eigenvalue weighted by molar-refractivity contribution is -0.205. The monoisotopic (exact) mass is 564 g/mol. The van der Waals surface area contributed by atoms with E-state index in [-0.39, 0.29) is 46.9 Å². The number of carbonyl (C=O) groups is 2. The Hall–Kier alpha value is -0.990. The normalized spacial score (nSPS) is 42.6. The molecule has 9 heteroatoms. The molecule has 5 rings (SSSR count). The summed E-state index contributed by atoms with van der Waals surface area (Å²) >= 11 is 0. The van der Waals surface area contributed by atoms with Gasteiger partial charge in [-0.15, -0.1) is 0 Å². The first-order valence-electron chi connectivity index (χ1n) is 14.7. The van der Waals surface area contributed by atoms with Gasteiger partial charge in [0.2, 0.25) is 0 Å². The van der Waals surface area contributed by atoms with E-state index in [1.54, 1.807) is 6.08 Å². The maximum Gasteiger partial charge on any atom is 0.198 e. The molecule has 0 amide bonds. The SMILES string of the molecule is CCCC1OC2C[C@H]3C4CCC5=CC(=O)C=CC5(C)[C@H]4C(OCP(OCC)OCC)CC3(C)C2(C(=O)CO)O1. The minimum Gasteiger partial charge on any atom is -0.388 e. The van der Waals surface area contributed by atoms with Crippen molar-refractivity contribution < 1.29 is 38.0 Å². The number of aliphatic hydroxyl groups excluding tert-OH is 1. The molecular formula is C30H45O8P. The Morgan fingerprint density at radius 3 is 2.62 bits per heavy atom. The van der Waals surface area contributed by atoms with Gasteiger partial charge in [-0.2, -0.15) is 0 Å². The van der Waals surface area contributed by atoms with Crippen molar-refractivity contribution in [1.82, 2.24) is 0 Å². The van der Waals surface area contributed by atoms with Crippen LogP contribution >= 0.6 is 8.38 Å². The summed E-state index contributed by atoms with van der Waals surface area (Å²) in [6, 6.07) is 0. The highest BCUT2D eigenvalue weighted by molar-refractivity contribution is 7.47. The Kier molecular flexibility index (Phi) is 8.59. The highest BCUT2D eigenvalue weighted by Crippen LogP contribution is 2.70. The molecule has 4 fully saturated rings. The van der Waals surface area contributed by atoms with E-state index in [9.17, 15) is 14.7 Å². The van der Waals surface area contributed by atoms with Crippen LogP contribution in [-0.2, 0) is 32.8 Å². The average Bonchev–Trinajstić information content (AvgIpc) is 3.39. The van der Waals surface area contributed by atoms with Gasteiger partial charge < -0.3 is 28.4 Å². The van der Waals surface area contributed by atoms with Crippen molar-refractivity contribution in [3.63, 3.8) is 0 Å². The van der Waals surface area contributed by atoms with Crippen LogP contribution in [0.4, 0.5) is 0 Å². The molecule has 0 aromatic heterocycles. The van der Waals surface area contributed by atoms with Gasteiger partial charge in [0.15, 0.2) is 31.8 Å². The van der Waals surface area contributed by atoms with Gasteiger partial charge in [-0.1, -0.05) is 38.8 Å². The van der Waals surface area contributed by atoms with Gasteiger partial charge in [0.05, 0.1) is 25.4 Å². The zero-order valence-corrected chi connectivity index (χ0v) is 24.9. The topological polar surface area (TPSA) is 101 Å². The van der Waals surface area contributed by atoms with Crippen LogP contribution in [0.3, 0.4) is 0 Å². The maximum absolute atomic E-state index is 13.7. The van der Waals surface area contributed by atoms with Crippen LogP contribution in [0.5, 0.6) is 0 Å². The number of rotatable bonds is 11. The van der Waals surface area contributed by atoms with Gasteiger partial charge in [-0.05, 0) is 69.9 Å². The van der Waals surface area contributed by atoms with Gasteiger partial charge in [-0.3, -0.25) is 9.59 Å². The van der Waals surface area contributed by atoms with Crippen LogP contribution in [0, 0.1) is 28.6 Å². The molecule has 1 N–H and O–H groups in total. The molecule has 1 heterocycles. The number of allylic oxidation sites excluding steroid dienone is 4. The predicted octanol–water partition coefficient (Wildman–Crippen LogP) is 5.08. The average molecular weight is 565 g/mol. The number of ketones is 2. The summed E-state index contributed by atoms with van der Waals surface area (Å²) in [6.07, 6.45) is 9.54. The zero-order chi connectivity index (χ0) is 28.0. The summed E-state index contributed by atoms with van der Waals surface area (Å²) in [4.78, 5) is 26.0. The maximum atomic E-state index is 13.7. The van der Waals surface area contributed by atoms with E-state index in [1.165, 1.54) is 5.57 Å². The van der Waals surface area contributed by atoms with Crippen molar-refractivity contribution in [3.8, 4) is 0 Å². The number of fused-ring (bicyclic) bond motifs is 7. The third-order valence-electron chi connectivity index (χ3n) is 10.3. The third-order valence-corrected chi connectivity index (χ3v) is 11.7. The molecule has 8 nitrogen and oxygen atoms in total. The molecular weight excluding hydrogens is 519 g/mol. The van der Waals surface area contributed by atoms with Crippen molar-refractivity contribution >= 4 is 19.9 Å². The Morgan fingerprint density at radius 2 is 1.95 bits per heavy atom. The first kappa shape index (κ1) is 29.5. The molecule has 0 aromatic rings. The molecule has 1 saturated heterocycles. The predicted molar refractivity (Wildman–Crippen MR) is 147 cm³/mol. The second-order valence-corrected chi connectivity index (χ2v) is 13.6. The minimum absolute atomic E-state index is 0.0434. The van der Waals surface area contributed by atoms with E-state index in [2.05, 4.69) is 26.8 Å². The summed E-state index contributed by atoms with van der Waals surface area (Å²) in [7, 11) is -1.21. The molecule has 39 heavy (non-hydrogen) atoms. The van der Waals surface area contributed by atoms with E-state index in [1.807, 2.05) is 19.9 Å². The molecule has 218 valence electrons. The molecule has 1 aliphatic heterocycles. The number of carbonyl (C=O) groups excluding carboxylic acids is 2. The molecule has 0 radical (unpaired) electrons. The van der Waals surface area contributed by atoms with Crippen molar-refractivity contribution in [1.29, 1.82) is 0 Å². The fourth-order valence-electron chi connectivity index (χ4n) is 8.80. The van der Waals surface area contributed by atoms with E-state index >= 15 is 0 Å². The van der Waals surface area contributed by atoms with Gasteiger partial charge in [0.1, 0.15) is 13.0 Å². The van der Waals surface area contributed by atoms with Crippen molar-refractivity contribution in [3.05, 3.63) is 23.8 Å². The quantitative estimate of drug-likeness (QED) is 0.347. The number of aliphatic hydroxyl groups is 1. The first-order valence-corrected chi connectivity index (χ1v) is 16.1. The smallest absolute Gasteiger partial charge is 0.198 e. The summed E-state index contributed by atoms with van der Waals surface area (Å²) < 4.78 is 31.6. The Balaban J connectivity index is 1.55. The fourth-order valence-corrected chi connectivity index (χ4v) is 9.92. The summed E-state index contributed by atoms with van der Waals surface area (Å²) in [6.45, 7) is 10.9. The summed E-state index contributed by atoms with van der Waals surface area (Å²) in [5, 5.41) is 10.2. The van der Waals surface area contributed by atoms with Crippen molar-refractivity contribution in [2.24, 2.45) is 28.6 Å². The molecule has 0 spiro atoms. The molecule has 0 bridgehead atoms. The number of hydrogen-bond acceptors (Lipinski definition) is 8. The van der Waals surface area contributed by atoms with E-state index in [0.29, 0.717) is 32.4 Å². The second-order valence-electron chi connectivity index (χ2n) is 12.2. The Morgan fingerprint density at radius 1 is 1.21 bits per heavy atom. The number of ether oxygens (including phenoxy) is 3. The van der Waals surface area contributed by atoms with Gasteiger partial charge >= 0.3 is 0 Å². The van der Waals surface area contributed by atoms with Crippen LogP contribution in [0.25, 0.3) is 0 Å². The zero-order valence-electron chi connectivity index (χ0n) is 24.0. The van der Waals surface area contributed by atoms with E-state index in [4.69, 9.17) is 23.3 Å². The lowest BCUT2D eigenvalue weighted by Crippen LogP contribution is -2.64.